The third-order valence-corrected chi connectivity index (χ3v) is 4.15. The van der Waals surface area contributed by atoms with E-state index in [1.54, 1.807) is 12.3 Å². The predicted molar refractivity (Wildman–Crippen MR) is 109 cm³/mol. The van der Waals surface area contributed by atoms with Gasteiger partial charge in [-0.05, 0) is 17.7 Å². The summed E-state index contributed by atoms with van der Waals surface area (Å²) in [5, 5.41) is 5.60. The highest BCUT2D eigenvalue weighted by molar-refractivity contribution is 5.91. The van der Waals surface area contributed by atoms with Crippen LogP contribution in [0.15, 0.2) is 65.2 Å². The van der Waals surface area contributed by atoms with Crippen molar-refractivity contribution >= 4 is 17.5 Å². The molecule has 29 heavy (non-hydrogen) atoms. The highest BCUT2D eigenvalue weighted by atomic mass is 16.5. The predicted octanol–water partition coefficient (Wildman–Crippen LogP) is 3.18. The Balaban J connectivity index is 1.46. The molecule has 0 aliphatic carbocycles. The van der Waals surface area contributed by atoms with Crippen molar-refractivity contribution in [1.29, 1.82) is 0 Å². The topological polar surface area (TPSA) is 93.5 Å². The Bertz CT molecular complexity index is 953. The number of amides is 2. The first kappa shape index (κ1) is 20.3. The van der Waals surface area contributed by atoms with Crippen LogP contribution in [0.1, 0.15) is 17.9 Å². The Labute approximate surface area is 169 Å². The zero-order valence-corrected chi connectivity index (χ0v) is 16.2. The maximum absolute atomic E-state index is 12.1. The van der Waals surface area contributed by atoms with Crippen LogP contribution in [0.4, 0.5) is 5.69 Å². The minimum absolute atomic E-state index is 0.00619. The molecule has 0 spiro atoms. The lowest BCUT2D eigenvalue weighted by molar-refractivity contribution is -0.121. The Morgan fingerprint density at radius 2 is 1.90 bits per heavy atom. The molecule has 0 atom stereocenters. The van der Waals surface area contributed by atoms with Crippen molar-refractivity contribution < 1.29 is 18.7 Å². The number of nitrogens with one attached hydrogen (secondary N) is 2. The van der Waals surface area contributed by atoms with Gasteiger partial charge in [0.15, 0.2) is 11.7 Å². The third-order valence-electron chi connectivity index (χ3n) is 4.15. The first-order chi connectivity index (χ1) is 14.1. The van der Waals surface area contributed by atoms with Crippen molar-refractivity contribution in [2.24, 2.45) is 0 Å². The molecule has 0 aliphatic rings. The second-order valence-corrected chi connectivity index (χ2v) is 6.44. The van der Waals surface area contributed by atoms with Crippen molar-refractivity contribution in [3.8, 4) is 11.3 Å². The normalized spacial score (nSPS) is 10.5. The van der Waals surface area contributed by atoms with E-state index in [9.17, 15) is 9.59 Å². The molecule has 0 aliphatic heterocycles. The lowest BCUT2D eigenvalue weighted by Gasteiger charge is -2.08. The average molecular weight is 393 g/mol. The summed E-state index contributed by atoms with van der Waals surface area (Å²) in [5.74, 6) is 0.892. The van der Waals surface area contributed by atoms with Crippen LogP contribution in [0, 0.1) is 0 Å². The van der Waals surface area contributed by atoms with Crippen LogP contribution in [-0.4, -0.2) is 30.5 Å². The van der Waals surface area contributed by atoms with Crippen molar-refractivity contribution in [3.05, 3.63) is 72.2 Å². The average Bonchev–Trinajstić information content (AvgIpc) is 3.21. The number of benzene rings is 2. The summed E-state index contributed by atoms with van der Waals surface area (Å²) >= 11 is 0. The molecule has 0 unspecified atom stereocenters. The molecule has 0 radical (unpaired) electrons. The zero-order valence-electron chi connectivity index (χ0n) is 16.2. The number of aromatic nitrogens is 1. The summed E-state index contributed by atoms with van der Waals surface area (Å²) in [7, 11) is 1.46. The minimum atomic E-state index is -0.227. The smallest absolute Gasteiger partial charge is 0.250 e. The van der Waals surface area contributed by atoms with Gasteiger partial charge < -0.3 is 19.8 Å². The van der Waals surface area contributed by atoms with Gasteiger partial charge in [-0.2, -0.15) is 0 Å². The fraction of sp³-hybridized carbons (Fsp3) is 0.227. The fourth-order valence-electron chi connectivity index (χ4n) is 2.76. The second-order valence-electron chi connectivity index (χ2n) is 6.44. The molecule has 2 N–H and O–H groups in total. The lowest BCUT2D eigenvalue weighted by atomic mass is 10.2. The Morgan fingerprint density at radius 3 is 2.69 bits per heavy atom. The van der Waals surface area contributed by atoms with Gasteiger partial charge in [0, 0.05) is 37.7 Å². The molecule has 0 saturated carbocycles. The summed E-state index contributed by atoms with van der Waals surface area (Å²) in [6, 6.07) is 17.0. The molecule has 1 aromatic heterocycles. The standard InChI is InChI=1S/C22H23N3O4/c1-28-15-21(27)25-18-9-5-6-16(12-18)13-23-20(26)10-11-22-24-14-19(29-22)17-7-3-2-4-8-17/h2-9,12,14H,10-11,13,15H2,1H3,(H,23,26)(H,25,27). The van der Waals surface area contributed by atoms with Gasteiger partial charge in [-0.25, -0.2) is 4.98 Å². The maximum atomic E-state index is 12.1. The number of rotatable bonds is 9. The molecule has 3 rings (SSSR count). The molecule has 0 bridgehead atoms. The first-order valence-electron chi connectivity index (χ1n) is 9.28. The highest BCUT2D eigenvalue weighted by Gasteiger charge is 2.09. The summed E-state index contributed by atoms with van der Waals surface area (Å²) in [6.45, 7) is 0.363. The van der Waals surface area contributed by atoms with E-state index in [-0.39, 0.29) is 24.8 Å². The van der Waals surface area contributed by atoms with Gasteiger partial charge in [0.05, 0.1) is 6.20 Å². The monoisotopic (exact) mass is 393 g/mol. The number of aryl methyl sites for hydroxylation is 1. The number of carbonyl (C=O) groups excluding carboxylic acids is 2. The van der Waals surface area contributed by atoms with E-state index in [0.29, 0.717) is 30.3 Å². The van der Waals surface area contributed by atoms with E-state index in [4.69, 9.17) is 9.15 Å². The van der Waals surface area contributed by atoms with E-state index >= 15 is 0 Å². The van der Waals surface area contributed by atoms with Gasteiger partial charge in [0.1, 0.15) is 6.61 Å². The number of methoxy groups -OCH3 is 1. The van der Waals surface area contributed by atoms with E-state index in [1.165, 1.54) is 7.11 Å². The van der Waals surface area contributed by atoms with Crippen LogP contribution in [0.5, 0.6) is 0 Å². The summed E-state index contributed by atoms with van der Waals surface area (Å²) < 4.78 is 10.5. The second kappa shape index (κ2) is 10.2. The fourth-order valence-corrected chi connectivity index (χ4v) is 2.76. The lowest BCUT2D eigenvalue weighted by Crippen LogP contribution is -2.23. The zero-order chi connectivity index (χ0) is 20.5. The maximum Gasteiger partial charge on any atom is 0.250 e. The van der Waals surface area contributed by atoms with Gasteiger partial charge in [0.2, 0.25) is 11.8 Å². The summed E-state index contributed by atoms with van der Waals surface area (Å²) in [5.41, 5.74) is 2.50. The molecule has 2 aromatic carbocycles. The molecule has 0 fully saturated rings. The number of carbonyl (C=O) groups is 2. The largest absolute Gasteiger partial charge is 0.441 e. The first-order valence-corrected chi connectivity index (χ1v) is 9.28. The van der Waals surface area contributed by atoms with Crippen LogP contribution in [0.25, 0.3) is 11.3 Å². The number of oxazole rings is 1. The summed E-state index contributed by atoms with van der Waals surface area (Å²) in [4.78, 5) is 28.0. The molecule has 7 heteroatoms. The molecule has 3 aromatic rings. The van der Waals surface area contributed by atoms with Crippen molar-refractivity contribution in [3.63, 3.8) is 0 Å². The molecule has 2 amide bonds. The van der Waals surface area contributed by atoms with Gasteiger partial charge in [-0.1, -0.05) is 42.5 Å². The van der Waals surface area contributed by atoms with Crippen LogP contribution in [0.2, 0.25) is 0 Å². The van der Waals surface area contributed by atoms with Gasteiger partial charge in [-0.15, -0.1) is 0 Å². The Hall–Kier alpha value is -3.45. The van der Waals surface area contributed by atoms with Crippen LogP contribution in [0.3, 0.4) is 0 Å². The molecular formula is C22H23N3O4. The van der Waals surface area contributed by atoms with Crippen molar-refractivity contribution in [1.82, 2.24) is 10.3 Å². The van der Waals surface area contributed by atoms with E-state index in [1.807, 2.05) is 48.5 Å². The van der Waals surface area contributed by atoms with Crippen LogP contribution in [-0.2, 0) is 27.3 Å². The summed E-state index contributed by atoms with van der Waals surface area (Å²) in [6.07, 6.45) is 2.37. The molecule has 7 nitrogen and oxygen atoms in total. The van der Waals surface area contributed by atoms with Crippen molar-refractivity contribution in [2.75, 3.05) is 19.0 Å². The Kier molecular flexibility index (Phi) is 7.13. The van der Waals surface area contributed by atoms with E-state index in [0.717, 1.165) is 11.1 Å². The number of hydrogen-bond acceptors (Lipinski definition) is 5. The number of anilines is 1. The molecule has 0 saturated heterocycles. The van der Waals surface area contributed by atoms with Crippen LogP contribution >= 0.6 is 0 Å². The van der Waals surface area contributed by atoms with Crippen molar-refractivity contribution in [2.45, 2.75) is 19.4 Å². The van der Waals surface area contributed by atoms with Gasteiger partial charge in [0.25, 0.3) is 0 Å². The third kappa shape index (κ3) is 6.29. The minimum Gasteiger partial charge on any atom is -0.441 e. The van der Waals surface area contributed by atoms with E-state index in [2.05, 4.69) is 15.6 Å². The molecule has 150 valence electrons. The number of ether oxygens (including phenoxy) is 1. The van der Waals surface area contributed by atoms with Gasteiger partial charge in [-0.3, -0.25) is 9.59 Å². The molecular weight excluding hydrogens is 370 g/mol. The number of nitrogens with zero attached hydrogens (tertiary/aromatic N) is 1. The SMILES string of the molecule is COCC(=O)Nc1cccc(CNC(=O)CCc2ncc(-c3ccccc3)o2)c1. The van der Waals surface area contributed by atoms with Gasteiger partial charge >= 0.3 is 0 Å². The van der Waals surface area contributed by atoms with E-state index < -0.39 is 0 Å². The highest BCUT2D eigenvalue weighted by Crippen LogP contribution is 2.20. The quantitative estimate of drug-likeness (QED) is 0.582. The number of hydrogen-bond donors (Lipinski definition) is 2. The van der Waals surface area contributed by atoms with Crippen LogP contribution < -0.4 is 10.6 Å². The Morgan fingerprint density at radius 1 is 1.07 bits per heavy atom. The molecule has 1 heterocycles.